The fraction of sp³-hybridized carbons (Fsp3) is 0.267. The quantitative estimate of drug-likeness (QED) is 0.923. The Morgan fingerprint density at radius 3 is 2.60 bits per heavy atom. The zero-order valence-electron chi connectivity index (χ0n) is 11.5. The maximum absolute atomic E-state index is 13.0. The van der Waals surface area contributed by atoms with Crippen LogP contribution in [0.3, 0.4) is 0 Å². The van der Waals surface area contributed by atoms with Crippen LogP contribution in [-0.4, -0.2) is 5.91 Å². The van der Waals surface area contributed by atoms with Crippen LogP contribution in [0.25, 0.3) is 0 Å². The molecule has 1 atom stereocenters. The fourth-order valence-electron chi connectivity index (χ4n) is 2.06. The van der Waals surface area contributed by atoms with Crippen LogP contribution in [0.15, 0.2) is 28.7 Å². The van der Waals surface area contributed by atoms with Gasteiger partial charge in [0.2, 0.25) is 0 Å². The van der Waals surface area contributed by atoms with Gasteiger partial charge in [-0.05, 0) is 44.5 Å². The molecular formula is C15H15ClFNO2. The molecule has 2 rings (SSSR count). The molecule has 0 fully saturated rings. The molecule has 1 aromatic heterocycles. The number of nitrogens with one attached hydrogen (secondary N) is 1. The van der Waals surface area contributed by atoms with Gasteiger partial charge in [-0.25, -0.2) is 4.39 Å². The van der Waals surface area contributed by atoms with Crippen molar-refractivity contribution in [2.45, 2.75) is 26.8 Å². The highest BCUT2D eigenvalue weighted by Crippen LogP contribution is 2.24. The van der Waals surface area contributed by atoms with Gasteiger partial charge < -0.3 is 9.73 Å². The summed E-state index contributed by atoms with van der Waals surface area (Å²) in [5, 5.41) is 3.11. The molecule has 0 aliphatic rings. The summed E-state index contributed by atoms with van der Waals surface area (Å²) in [7, 11) is 0. The maximum Gasteiger partial charge on any atom is 0.255 e. The molecule has 1 N–H and O–H groups in total. The van der Waals surface area contributed by atoms with Crippen molar-refractivity contribution >= 4 is 17.5 Å². The number of aryl methyl sites for hydroxylation is 2. The molecule has 0 radical (unpaired) electrons. The first-order valence-corrected chi connectivity index (χ1v) is 6.59. The van der Waals surface area contributed by atoms with Crippen molar-refractivity contribution in [2.24, 2.45) is 0 Å². The second-order valence-corrected chi connectivity index (χ2v) is 5.10. The summed E-state index contributed by atoms with van der Waals surface area (Å²) in [5.74, 6) is 0.600. The lowest BCUT2D eigenvalue weighted by Crippen LogP contribution is -2.27. The van der Waals surface area contributed by atoms with Crippen molar-refractivity contribution in [1.82, 2.24) is 5.32 Å². The number of hydrogen-bond acceptors (Lipinski definition) is 2. The predicted octanol–water partition coefficient (Wildman–Crippen LogP) is 4.18. The molecule has 0 spiro atoms. The van der Waals surface area contributed by atoms with Gasteiger partial charge in [0.25, 0.3) is 5.91 Å². The number of carbonyl (C=O) groups is 1. The molecule has 0 saturated carbocycles. The van der Waals surface area contributed by atoms with Crippen molar-refractivity contribution in [1.29, 1.82) is 0 Å². The first-order valence-electron chi connectivity index (χ1n) is 6.21. The number of benzene rings is 1. The Hall–Kier alpha value is -1.81. The first kappa shape index (κ1) is 14.6. The summed E-state index contributed by atoms with van der Waals surface area (Å²) in [6.07, 6.45) is 0. The smallest absolute Gasteiger partial charge is 0.255 e. The van der Waals surface area contributed by atoms with E-state index in [1.54, 1.807) is 32.9 Å². The lowest BCUT2D eigenvalue weighted by atomic mass is 10.1. The van der Waals surface area contributed by atoms with E-state index in [0.717, 1.165) is 0 Å². The van der Waals surface area contributed by atoms with Crippen molar-refractivity contribution in [3.8, 4) is 0 Å². The van der Waals surface area contributed by atoms with E-state index in [0.29, 0.717) is 22.6 Å². The third-order valence-corrected chi connectivity index (χ3v) is 3.39. The predicted molar refractivity (Wildman–Crippen MR) is 75.5 cm³/mol. The van der Waals surface area contributed by atoms with Crippen molar-refractivity contribution in [3.63, 3.8) is 0 Å². The van der Waals surface area contributed by atoms with E-state index < -0.39 is 5.82 Å². The van der Waals surface area contributed by atoms with Crippen molar-refractivity contribution in [3.05, 3.63) is 57.8 Å². The third kappa shape index (κ3) is 3.02. The van der Waals surface area contributed by atoms with Gasteiger partial charge in [0, 0.05) is 5.02 Å². The fourth-order valence-corrected chi connectivity index (χ4v) is 2.39. The van der Waals surface area contributed by atoms with Gasteiger partial charge in [0.05, 0.1) is 11.6 Å². The Labute approximate surface area is 121 Å². The van der Waals surface area contributed by atoms with E-state index in [-0.39, 0.29) is 17.0 Å². The number of hydrogen-bond donors (Lipinski definition) is 1. The molecule has 0 aliphatic heterocycles. The minimum atomic E-state index is -0.404. The second kappa shape index (κ2) is 5.67. The normalized spacial score (nSPS) is 12.2. The lowest BCUT2D eigenvalue weighted by Gasteiger charge is -2.15. The number of halogens is 2. The molecule has 1 aromatic carbocycles. The highest BCUT2D eigenvalue weighted by atomic mass is 35.5. The molecule has 1 unspecified atom stereocenters. The number of furan rings is 1. The molecule has 1 heterocycles. The summed E-state index contributed by atoms with van der Waals surface area (Å²) in [4.78, 5) is 12.2. The van der Waals surface area contributed by atoms with Gasteiger partial charge in [0.1, 0.15) is 17.3 Å². The minimum Gasteiger partial charge on any atom is -0.466 e. The second-order valence-electron chi connectivity index (χ2n) is 4.69. The average Bonchev–Trinajstić information content (AvgIpc) is 2.68. The van der Waals surface area contributed by atoms with Crippen LogP contribution in [0.2, 0.25) is 5.02 Å². The summed E-state index contributed by atoms with van der Waals surface area (Å²) >= 11 is 5.98. The monoisotopic (exact) mass is 295 g/mol. The van der Waals surface area contributed by atoms with E-state index in [9.17, 15) is 9.18 Å². The van der Waals surface area contributed by atoms with Crippen LogP contribution in [0.1, 0.15) is 40.4 Å². The van der Waals surface area contributed by atoms with E-state index in [2.05, 4.69) is 5.32 Å². The molecule has 106 valence electrons. The molecule has 0 aliphatic carbocycles. The average molecular weight is 296 g/mol. The third-order valence-electron chi connectivity index (χ3n) is 3.06. The lowest BCUT2D eigenvalue weighted by molar-refractivity contribution is 0.0938. The highest BCUT2D eigenvalue weighted by molar-refractivity contribution is 6.31. The van der Waals surface area contributed by atoms with E-state index in [4.69, 9.17) is 16.0 Å². The van der Waals surface area contributed by atoms with Crippen LogP contribution in [-0.2, 0) is 0 Å². The van der Waals surface area contributed by atoms with Gasteiger partial charge in [-0.1, -0.05) is 17.7 Å². The van der Waals surface area contributed by atoms with Crippen LogP contribution < -0.4 is 5.32 Å². The van der Waals surface area contributed by atoms with E-state index >= 15 is 0 Å². The standard InChI is InChI=1S/C15H15ClFNO2/c1-8-6-13(10(3)20-8)15(19)18-9(2)12-5-4-11(17)7-14(12)16/h4-7,9H,1-3H3,(H,18,19). The molecule has 0 saturated heterocycles. The molecule has 5 heteroatoms. The van der Waals surface area contributed by atoms with Crippen LogP contribution in [0.4, 0.5) is 4.39 Å². The Bertz CT molecular complexity index is 651. The summed E-state index contributed by atoms with van der Waals surface area (Å²) in [6, 6.07) is 5.47. The SMILES string of the molecule is Cc1cc(C(=O)NC(C)c2ccc(F)cc2Cl)c(C)o1. The molecule has 1 amide bonds. The Morgan fingerprint density at radius 1 is 1.35 bits per heavy atom. The van der Waals surface area contributed by atoms with Crippen molar-refractivity contribution < 1.29 is 13.6 Å². The van der Waals surface area contributed by atoms with Gasteiger partial charge in [-0.15, -0.1) is 0 Å². The van der Waals surface area contributed by atoms with E-state index in [1.807, 2.05) is 0 Å². The Kier molecular flexibility index (Phi) is 4.14. The largest absolute Gasteiger partial charge is 0.466 e. The molecule has 3 nitrogen and oxygen atoms in total. The van der Waals surface area contributed by atoms with Crippen LogP contribution in [0, 0.1) is 19.7 Å². The first-order chi connectivity index (χ1) is 9.38. The summed E-state index contributed by atoms with van der Waals surface area (Å²) in [5.41, 5.74) is 1.16. The zero-order valence-corrected chi connectivity index (χ0v) is 12.2. The molecule has 0 bridgehead atoms. The number of rotatable bonds is 3. The minimum absolute atomic E-state index is 0.243. The maximum atomic E-state index is 13.0. The molecular weight excluding hydrogens is 281 g/mol. The van der Waals surface area contributed by atoms with E-state index in [1.165, 1.54) is 12.1 Å². The van der Waals surface area contributed by atoms with Gasteiger partial charge in [-0.3, -0.25) is 4.79 Å². The van der Waals surface area contributed by atoms with Crippen LogP contribution in [0.5, 0.6) is 0 Å². The summed E-state index contributed by atoms with van der Waals surface area (Å²) in [6.45, 7) is 5.31. The van der Waals surface area contributed by atoms with Crippen molar-refractivity contribution in [2.75, 3.05) is 0 Å². The number of amides is 1. The van der Waals surface area contributed by atoms with Gasteiger partial charge in [-0.2, -0.15) is 0 Å². The molecule has 2 aromatic rings. The topological polar surface area (TPSA) is 42.2 Å². The Balaban J connectivity index is 2.17. The highest BCUT2D eigenvalue weighted by Gasteiger charge is 2.18. The zero-order chi connectivity index (χ0) is 14.9. The van der Waals surface area contributed by atoms with Gasteiger partial charge >= 0.3 is 0 Å². The van der Waals surface area contributed by atoms with Gasteiger partial charge in [0.15, 0.2) is 0 Å². The molecule has 20 heavy (non-hydrogen) atoms. The summed E-state index contributed by atoms with van der Waals surface area (Å²) < 4.78 is 18.3. The van der Waals surface area contributed by atoms with Crippen LogP contribution >= 0.6 is 11.6 Å². The number of carbonyl (C=O) groups excluding carboxylic acids is 1. The Morgan fingerprint density at radius 2 is 2.05 bits per heavy atom.